The fourth-order valence-corrected chi connectivity index (χ4v) is 6.14. The summed E-state index contributed by atoms with van der Waals surface area (Å²) in [6, 6.07) is 11.0. The third kappa shape index (κ3) is 5.26. The number of hydrogen-bond donors (Lipinski definition) is 1. The smallest absolute Gasteiger partial charge is 0.243 e. The van der Waals surface area contributed by atoms with Gasteiger partial charge in [-0.2, -0.15) is 4.31 Å². The number of aryl methyl sites for hydroxylation is 3. The van der Waals surface area contributed by atoms with E-state index in [9.17, 15) is 13.2 Å². The molecule has 33 heavy (non-hydrogen) atoms. The van der Waals surface area contributed by atoms with Crippen LogP contribution in [0.25, 0.3) is 11.0 Å². The second-order valence-corrected chi connectivity index (χ2v) is 11.2. The Morgan fingerprint density at radius 1 is 1.12 bits per heavy atom. The molecule has 0 aliphatic rings. The number of amides is 1. The van der Waals surface area contributed by atoms with Crippen molar-refractivity contribution in [2.24, 2.45) is 0 Å². The molecule has 1 heterocycles. The third-order valence-electron chi connectivity index (χ3n) is 5.65. The fraction of sp³-hybridized carbons (Fsp3) is 0.417. The minimum atomic E-state index is -3.57. The van der Waals surface area contributed by atoms with Crippen LogP contribution in [0, 0.1) is 13.8 Å². The van der Waals surface area contributed by atoms with Crippen molar-refractivity contribution >= 4 is 44.4 Å². The molecule has 1 atom stereocenters. The topological polar surface area (TPSA) is 84.3 Å². The molecule has 0 aliphatic heterocycles. The molecule has 0 radical (unpaired) electrons. The highest BCUT2D eigenvalue weighted by atomic mass is 32.2. The predicted molar refractivity (Wildman–Crippen MR) is 135 cm³/mol. The van der Waals surface area contributed by atoms with Crippen molar-refractivity contribution in [3.05, 3.63) is 47.5 Å². The van der Waals surface area contributed by atoms with Crippen molar-refractivity contribution in [3.63, 3.8) is 0 Å². The van der Waals surface area contributed by atoms with Gasteiger partial charge in [0, 0.05) is 25.3 Å². The van der Waals surface area contributed by atoms with Crippen molar-refractivity contribution in [1.82, 2.24) is 13.9 Å². The van der Waals surface area contributed by atoms with E-state index in [0.717, 1.165) is 22.3 Å². The number of sulfonamides is 1. The second-order valence-electron chi connectivity index (χ2n) is 7.95. The normalized spacial score (nSPS) is 12.9. The average Bonchev–Trinajstić information content (AvgIpc) is 3.12. The predicted octanol–water partition coefficient (Wildman–Crippen LogP) is 4.82. The maximum atomic E-state index is 12.9. The molecule has 3 rings (SSSR count). The Kier molecular flexibility index (Phi) is 7.87. The Hall–Kier alpha value is -2.36. The first-order chi connectivity index (χ1) is 15.6. The van der Waals surface area contributed by atoms with Gasteiger partial charge in [-0.25, -0.2) is 13.4 Å². The number of thioether (sulfide) groups is 1. The number of carbonyl (C=O) groups is 1. The van der Waals surface area contributed by atoms with E-state index in [-0.39, 0.29) is 16.1 Å². The van der Waals surface area contributed by atoms with Crippen molar-refractivity contribution in [3.8, 4) is 0 Å². The molecular weight excluding hydrogens is 456 g/mol. The first-order valence-corrected chi connectivity index (χ1v) is 13.5. The van der Waals surface area contributed by atoms with E-state index < -0.39 is 10.0 Å². The summed E-state index contributed by atoms with van der Waals surface area (Å²) in [5.41, 5.74) is 4.35. The SMILES string of the molecule is CCN(CC)S(=O)(=O)c1ccc2c(c1)nc(SC(C)C(=O)Nc1cc(C)ccc1C)n2CC. The van der Waals surface area contributed by atoms with Crippen LogP contribution in [0.5, 0.6) is 0 Å². The lowest BCUT2D eigenvalue weighted by Gasteiger charge is -2.18. The molecule has 0 aliphatic carbocycles. The highest BCUT2D eigenvalue weighted by molar-refractivity contribution is 8.00. The zero-order valence-electron chi connectivity index (χ0n) is 20.0. The molecule has 0 saturated heterocycles. The summed E-state index contributed by atoms with van der Waals surface area (Å²) in [7, 11) is -3.57. The number of nitrogens with one attached hydrogen (secondary N) is 1. The molecule has 178 valence electrons. The number of anilines is 1. The Bertz CT molecular complexity index is 1260. The molecule has 9 heteroatoms. The first-order valence-electron chi connectivity index (χ1n) is 11.2. The summed E-state index contributed by atoms with van der Waals surface area (Å²) in [5.74, 6) is -0.104. The molecule has 1 aromatic heterocycles. The van der Waals surface area contributed by atoms with Crippen LogP contribution in [-0.4, -0.2) is 46.5 Å². The van der Waals surface area contributed by atoms with E-state index in [4.69, 9.17) is 4.98 Å². The Morgan fingerprint density at radius 3 is 2.45 bits per heavy atom. The number of benzene rings is 2. The summed E-state index contributed by atoms with van der Waals surface area (Å²) in [6.45, 7) is 12.9. The van der Waals surface area contributed by atoms with Gasteiger partial charge in [-0.05, 0) is 63.1 Å². The Labute approximate surface area is 200 Å². The number of fused-ring (bicyclic) bond motifs is 1. The second kappa shape index (κ2) is 10.3. The van der Waals surface area contributed by atoms with Crippen molar-refractivity contribution in [1.29, 1.82) is 0 Å². The Balaban J connectivity index is 1.88. The number of hydrogen-bond acceptors (Lipinski definition) is 5. The third-order valence-corrected chi connectivity index (χ3v) is 8.78. The van der Waals surface area contributed by atoms with Crippen molar-refractivity contribution in [2.45, 2.75) is 63.4 Å². The van der Waals surface area contributed by atoms with E-state index in [0.29, 0.717) is 30.3 Å². The summed E-state index contributed by atoms with van der Waals surface area (Å²) in [4.78, 5) is 17.8. The molecule has 0 bridgehead atoms. The lowest BCUT2D eigenvalue weighted by Crippen LogP contribution is -2.30. The summed E-state index contributed by atoms with van der Waals surface area (Å²) in [5, 5.41) is 3.32. The van der Waals surface area contributed by atoms with E-state index >= 15 is 0 Å². The minimum Gasteiger partial charge on any atom is -0.325 e. The monoisotopic (exact) mass is 488 g/mol. The van der Waals surface area contributed by atoms with E-state index in [1.807, 2.05) is 64.3 Å². The van der Waals surface area contributed by atoms with Crippen LogP contribution in [0.4, 0.5) is 5.69 Å². The van der Waals surface area contributed by atoms with Gasteiger partial charge in [0.2, 0.25) is 15.9 Å². The molecule has 0 spiro atoms. The van der Waals surface area contributed by atoms with Crippen LogP contribution in [0.1, 0.15) is 38.8 Å². The quantitative estimate of drug-likeness (QED) is 0.437. The van der Waals surface area contributed by atoms with Crippen LogP contribution < -0.4 is 5.32 Å². The maximum absolute atomic E-state index is 12.9. The van der Waals surface area contributed by atoms with Gasteiger partial charge >= 0.3 is 0 Å². The molecule has 0 fully saturated rings. The van der Waals surface area contributed by atoms with Gasteiger partial charge < -0.3 is 9.88 Å². The molecule has 1 amide bonds. The van der Waals surface area contributed by atoms with E-state index in [2.05, 4.69) is 5.32 Å². The van der Waals surface area contributed by atoms with Crippen LogP contribution in [-0.2, 0) is 21.4 Å². The van der Waals surface area contributed by atoms with Crippen molar-refractivity contribution in [2.75, 3.05) is 18.4 Å². The number of carbonyl (C=O) groups excluding carboxylic acids is 1. The standard InChI is InChI=1S/C24H32N4O3S2/c1-7-27(8-2)33(30,31)19-12-13-22-21(15-19)26-24(28(22)9-3)32-18(6)23(29)25-20-14-16(4)10-11-17(20)5/h10-15,18H,7-9H2,1-6H3,(H,25,29). The van der Waals surface area contributed by atoms with Gasteiger partial charge in [-0.15, -0.1) is 0 Å². The van der Waals surface area contributed by atoms with E-state index in [1.165, 1.54) is 16.1 Å². The Morgan fingerprint density at radius 2 is 1.82 bits per heavy atom. The van der Waals surface area contributed by atoms with Gasteiger partial charge in [0.05, 0.1) is 21.2 Å². The van der Waals surface area contributed by atoms with Crippen LogP contribution in [0.3, 0.4) is 0 Å². The minimum absolute atomic E-state index is 0.104. The lowest BCUT2D eigenvalue weighted by atomic mass is 10.1. The van der Waals surface area contributed by atoms with E-state index in [1.54, 1.807) is 18.2 Å². The van der Waals surface area contributed by atoms with Gasteiger partial charge in [0.1, 0.15) is 0 Å². The highest BCUT2D eigenvalue weighted by Crippen LogP contribution is 2.30. The highest BCUT2D eigenvalue weighted by Gasteiger charge is 2.24. The molecule has 7 nitrogen and oxygen atoms in total. The fourth-order valence-electron chi connectivity index (χ4n) is 3.67. The number of imidazole rings is 1. The van der Waals surface area contributed by atoms with Crippen molar-refractivity contribution < 1.29 is 13.2 Å². The molecule has 2 aromatic carbocycles. The van der Waals surface area contributed by atoms with Crippen LogP contribution >= 0.6 is 11.8 Å². The molecule has 0 saturated carbocycles. The number of rotatable bonds is 9. The van der Waals surface area contributed by atoms with Gasteiger partial charge in [0.25, 0.3) is 0 Å². The van der Waals surface area contributed by atoms with Gasteiger partial charge in [-0.1, -0.05) is 37.7 Å². The zero-order chi connectivity index (χ0) is 24.3. The average molecular weight is 489 g/mol. The molecule has 1 N–H and O–H groups in total. The zero-order valence-corrected chi connectivity index (χ0v) is 21.7. The largest absolute Gasteiger partial charge is 0.325 e. The number of nitrogens with zero attached hydrogens (tertiary/aromatic N) is 3. The molecule has 1 unspecified atom stereocenters. The summed E-state index contributed by atoms with van der Waals surface area (Å²) in [6.07, 6.45) is 0. The number of aromatic nitrogens is 2. The lowest BCUT2D eigenvalue weighted by molar-refractivity contribution is -0.115. The summed E-state index contributed by atoms with van der Waals surface area (Å²) < 4.78 is 29.3. The van der Waals surface area contributed by atoms with Gasteiger partial charge in [-0.3, -0.25) is 4.79 Å². The molecular formula is C24H32N4O3S2. The van der Waals surface area contributed by atoms with Gasteiger partial charge in [0.15, 0.2) is 5.16 Å². The maximum Gasteiger partial charge on any atom is 0.243 e. The van der Waals surface area contributed by atoms with Crippen LogP contribution in [0.2, 0.25) is 0 Å². The first kappa shape index (κ1) is 25.3. The summed E-state index contributed by atoms with van der Waals surface area (Å²) >= 11 is 1.37. The van der Waals surface area contributed by atoms with Crippen LogP contribution in [0.15, 0.2) is 46.5 Å². The molecule has 3 aromatic rings.